The van der Waals surface area contributed by atoms with Gasteiger partial charge in [0.15, 0.2) is 0 Å². The Morgan fingerprint density at radius 3 is 2.78 bits per heavy atom. The first-order valence-electron chi connectivity index (χ1n) is 10.7. The molecular formula is C23H18ClN5O6S. The number of carbonyl (C=O) groups is 3. The molecule has 0 aliphatic carbocycles. The molecule has 0 radical (unpaired) electrons. The van der Waals surface area contributed by atoms with Gasteiger partial charge >= 0.3 is 0 Å². The molecular weight excluding hydrogens is 510 g/mol. The van der Waals surface area contributed by atoms with Gasteiger partial charge in [0.1, 0.15) is 10.8 Å². The second-order valence-electron chi connectivity index (χ2n) is 7.68. The average molecular weight is 528 g/mol. The number of H-pyrrole nitrogens is 1. The van der Waals surface area contributed by atoms with Crippen molar-refractivity contribution in [1.29, 1.82) is 0 Å². The van der Waals surface area contributed by atoms with Gasteiger partial charge in [0.25, 0.3) is 22.4 Å². The van der Waals surface area contributed by atoms with Gasteiger partial charge < -0.3 is 10.3 Å². The molecule has 3 aromatic rings. The van der Waals surface area contributed by atoms with E-state index in [-0.39, 0.29) is 53.0 Å². The first-order chi connectivity index (χ1) is 17.2. The Kier molecular flexibility index (Phi) is 7.46. The maximum Gasteiger partial charge on any atom is 0.293 e. The van der Waals surface area contributed by atoms with Crippen molar-refractivity contribution in [3.8, 4) is 0 Å². The minimum atomic E-state index is -0.637. The number of halogens is 1. The molecule has 1 fully saturated rings. The molecule has 0 bridgehead atoms. The predicted molar refractivity (Wildman–Crippen MR) is 134 cm³/mol. The van der Waals surface area contributed by atoms with Gasteiger partial charge in [0.2, 0.25) is 5.91 Å². The summed E-state index contributed by atoms with van der Waals surface area (Å²) in [6.07, 6.45) is 1.64. The largest absolute Gasteiger partial charge is 0.354 e. The molecule has 2 N–H and O–H groups in total. The number of para-hydroxylation sites is 1. The fourth-order valence-corrected chi connectivity index (χ4v) is 4.54. The number of hydrogen-bond acceptors (Lipinski definition) is 8. The summed E-state index contributed by atoms with van der Waals surface area (Å²) in [6.45, 7) is -0.00217. The van der Waals surface area contributed by atoms with Crippen LogP contribution in [-0.4, -0.2) is 49.9 Å². The Balaban J connectivity index is 1.31. The molecule has 11 nitrogen and oxygen atoms in total. The number of aryl methyl sites for hydroxylation is 1. The van der Waals surface area contributed by atoms with E-state index >= 15 is 0 Å². The van der Waals surface area contributed by atoms with Crippen LogP contribution in [0.3, 0.4) is 0 Å². The lowest BCUT2D eigenvalue weighted by Gasteiger charge is -2.13. The number of thioether (sulfide) groups is 1. The SMILES string of the molecule is O=C(CCc1nc2ccccc2c(=O)[nH]1)NCCN1C(=O)S/C(=C/c2ccc(Cl)c([N+](=O)[O-])c2)C1=O. The molecule has 1 aliphatic heterocycles. The van der Waals surface area contributed by atoms with Gasteiger partial charge in [-0.1, -0.05) is 29.8 Å². The second kappa shape index (κ2) is 10.7. The van der Waals surface area contributed by atoms with Crippen LogP contribution in [0.1, 0.15) is 17.8 Å². The summed E-state index contributed by atoms with van der Waals surface area (Å²) >= 11 is 6.51. The van der Waals surface area contributed by atoms with E-state index in [1.165, 1.54) is 24.3 Å². The number of carbonyl (C=O) groups excluding carboxylic acids is 3. The van der Waals surface area contributed by atoms with Crippen LogP contribution in [0.4, 0.5) is 10.5 Å². The summed E-state index contributed by atoms with van der Waals surface area (Å²) < 4.78 is 0. The van der Waals surface area contributed by atoms with E-state index in [0.29, 0.717) is 34.1 Å². The molecule has 1 saturated heterocycles. The zero-order valence-corrected chi connectivity index (χ0v) is 20.1. The molecule has 0 spiro atoms. The van der Waals surface area contributed by atoms with Crippen LogP contribution in [0.15, 0.2) is 52.2 Å². The minimum Gasteiger partial charge on any atom is -0.354 e. The Morgan fingerprint density at radius 1 is 1.22 bits per heavy atom. The highest BCUT2D eigenvalue weighted by atomic mass is 35.5. The van der Waals surface area contributed by atoms with Crippen LogP contribution in [0, 0.1) is 10.1 Å². The number of amides is 3. The lowest BCUT2D eigenvalue weighted by molar-refractivity contribution is -0.384. The molecule has 1 aromatic heterocycles. The Bertz CT molecular complexity index is 1490. The number of nitro groups is 1. The van der Waals surface area contributed by atoms with Gasteiger partial charge in [0.05, 0.1) is 20.7 Å². The molecule has 184 valence electrons. The number of nitro benzene ring substituents is 1. The molecule has 0 saturated carbocycles. The first-order valence-corrected chi connectivity index (χ1v) is 11.9. The summed E-state index contributed by atoms with van der Waals surface area (Å²) in [5.41, 5.74) is 0.300. The van der Waals surface area contributed by atoms with E-state index in [2.05, 4.69) is 15.3 Å². The topological polar surface area (TPSA) is 155 Å². The summed E-state index contributed by atoms with van der Waals surface area (Å²) in [5.74, 6) is -0.510. The lowest BCUT2D eigenvalue weighted by Crippen LogP contribution is -2.37. The Morgan fingerprint density at radius 2 is 2.00 bits per heavy atom. The predicted octanol–water partition coefficient (Wildman–Crippen LogP) is 3.27. The van der Waals surface area contributed by atoms with Crippen molar-refractivity contribution in [2.75, 3.05) is 13.1 Å². The van der Waals surface area contributed by atoms with Crippen LogP contribution in [0.2, 0.25) is 5.02 Å². The van der Waals surface area contributed by atoms with Crippen molar-refractivity contribution in [3.63, 3.8) is 0 Å². The van der Waals surface area contributed by atoms with Gasteiger partial charge in [-0.3, -0.25) is 34.2 Å². The standard InChI is InChI=1S/C23H18ClN5O6S/c24-15-6-5-13(11-17(15)29(34)35)12-18-22(32)28(23(33)36-18)10-9-25-20(30)8-7-19-26-16-4-2-1-3-14(16)21(31)27-19/h1-6,11-12H,7-10H2,(H,25,30)(H,26,27,31)/b18-12+. The number of hydrogen-bond donors (Lipinski definition) is 2. The van der Waals surface area contributed by atoms with Crippen molar-refractivity contribution in [3.05, 3.63) is 84.2 Å². The molecule has 4 rings (SSSR count). The third kappa shape index (κ3) is 5.61. The summed E-state index contributed by atoms with van der Waals surface area (Å²) in [4.78, 5) is 67.8. The van der Waals surface area contributed by atoms with Gasteiger partial charge in [-0.15, -0.1) is 0 Å². The zero-order chi connectivity index (χ0) is 25.8. The highest BCUT2D eigenvalue weighted by Crippen LogP contribution is 2.33. The number of aromatic nitrogens is 2. The van der Waals surface area contributed by atoms with Crippen LogP contribution >= 0.6 is 23.4 Å². The number of nitrogens with zero attached hydrogens (tertiary/aromatic N) is 3. The third-order valence-electron chi connectivity index (χ3n) is 5.25. The Labute approximate surface area is 212 Å². The van der Waals surface area contributed by atoms with E-state index < -0.39 is 16.1 Å². The molecule has 1 aliphatic rings. The summed E-state index contributed by atoms with van der Waals surface area (Å²) in [6, 6.07) is 10.9. The van der Waals surface area contributed by atoms with Crippen molar-refractivity contribution in [1.82, 2.24) is 20.2 Å². The second-order valence-corrected chi connectivity index (χ2v) is 9.08. The molecule has 3 amide bonds. The monoisotopic (exact) mass is 527 g/mol. The van der Waals surface area contributed by atoms with Gasteiger partial charge in [0, 0.05) is 32.0 Å². The van der Waals surface area contributed by atoms with E-state index in [1.54, 1.807) is 24.3 Å². The molecule has 0 atom stereocenters. The van der Waals surface area contributed by atoms with Gasteiger partial charge in [-0.05, 0) is 41.6 Å². The van der Waals surface area contributed by atoms with Crippen LogP contribution in [0.25, 0.3) is 17.0 Å². The third-order valence-corrected chi connectivity index (χ3v) is 6.47. The van der Waals surface area contributed by atoms with E-state index in [9.17, 15) is 29.3 Å². The number of benzene rings is 2. The highest BCUT2D eigenvalue weighted by Gasteiger charge is 2.34. The molecule has 2 heterocycles. The quantitative estimate of drug-likeness (QED) is 0.257. The van der Waals surface area contributed by atoms with Gasteiger partial charge in [-0.25, -0.2) is 4.98 Å². The first kappa shape index (κ1) is 25.1. The van der Waals surface area contributed by atoms with E-state index in [1.807, 2.05) is 0 Å². The normalized spacial score (nSPS) is 14.6. The molecule has 13 heteroatoms. The molecule has 36 heavy (non-hydrogen) atoms. The van der Waals surface area contributed by atoms with Crippen molar-refractivity contribution >= 4 is 63.1 Å². The van der Waals surface area contributed by atoms with E-state index in [4.69, 9.17) is 11.6 Å². The smallest absolute Gasteiger partial charge is 0.293 e. The zero-order valence-electron chi connectivity index (χ0n) is 18.5. The van der Waals surface area contributed by atoms with Crippen molar-refractivity contribution in [2.45, 2.75) is 12.8 Å². The highest BCUT2D eigenvalue weighted by molar-refractivity contribution is 8.18. The fourth-order valence-electron chi connectivity index (χ4n) is 3.48. The van der Waals surface area contributed by atoms with Crippen molar-refractivity contribution in [2.24, 2.45) is 0 Å². The van der Waals surface area contributed by atoms with Crippen molar-refractivity contribution < 1.29 is 19.3 Å². The van der Waals surface area contributed by atoms with Gasteiger partial charge in [-0.2, -0.15) is 0 Å². The van der Waals surface area contributed by atoms with Crippen LogP contribution in [0.5, 0.6) is 0 Å². The summed E-state index contributed by atoms with van der Waals surface area (Å²) in [5, 5.41) is 13.6. The number of nitrogens with one attached hydrogen (secondary N) is 2. The number of rotatable bonds is 8. The average Bonchev–Trinajstić information content (AvgIpc) is 3.11. The Hall–Kier alpha value is -4.03. The summed E-state index contributed by atoms with van der Waals surface area (Å²) in [7, 11) is 0. The van der Waals surface area contributed by atoms with Crippen LogP contribution in [-0.2, 0) is 16.0 Å². The number of aromatic amines is 1. The lowest BCUT2D eigenvalue weighted by atomic mass is 10.2. The van der Waals surface area contributed by atoms with E-state index in [0.717, 1.165) is 4.90 Å². The maximum absolute atomic E-state index is 12.6. The molecule has 2 aromatic carbocycles. The maximum atomic E-state index is 12.6. The van der Waals surface area contributed by atoms with Crippen LogP contribution < -0.4 is 10.9 Å². The number of imide groups is 1. The number of fused-ring (bicyclic) bond motifs is 1. The minimum absolute atomic E-state index is 0.0382. The molecule has 0 unspecified atom stereocenters. The fraction of sp³-hybridized carbons (Fsp3) is 0.174.